The molecule has 1 N–H and O–H groups in total. The Balaban J connectivity index is 1.63. The average Bonchev–Trinajstić information content (AvgIpc) is 2.50. The highest BCUT2D eigenvalue weighted by atomic mass is 35.5. The van der Waals surface area contributed by atoms with Gasteiger partial charge in [0, 0.05) is 29.1 Å². The van der Waals surface area contributed by atoms with E-state index < -0.39 is 5.51 Å². The molecule has 0 bridgehead atoms. The SMILES string of the molecule is FC(F)(F)Sc1ccc(COc2ccc(Cl)cc2OC2CNC2)cc1. The number of ether oxygens (including phenoxy) is 2. The maximum Gasteiger partial charge on any atom is 0.446 e. The van der Waals surface area contributed by atoms with Gasteiger partial charge in [-0.25, -0.2) is 0 Å². The second kappa shape index (κ2) is 7.76. The summed E-state index contributed by atoms with van der Waals surface area (Å²) in [5.41, 5.74) is -3.53. The van der Waals surface area contributed by atoms with Crippen molar-refractivity contribution < 1.29 is 22.6 Å². The van der Waals surface area contributed by atoms with E-state index in [1.807, 2.05) is 0 Å². The lowest BCUT2D eigenvalue weighted by molar-refractivity contribution is -0.0328. The zero-order valence-corrected chi connectivity index (χ0v) is 14.5. The van der Waals surface area contributed by atoms with E-state index >= 15 is 0 Å². The minimum atomic E-state index is -4.29. The summed E-state index contributed by atoms with van der Waals surface area (Å²) in [5.74, 6) is 1.10. The van der Waals surface area contributed by atoms with Crippen LogP contribution in [0.3, 0.4) is 0 Å². The van der Waals surface area contributed by atoms with Crippen LogP contribution in [0.25, 0.3) is 0 Å². The van der Waals surface area contributed by atoms with E-state index in [0.29, 0.717) is 16.5 Å². The van der Waals surface area contributed by atoms with Crippen LogP contribution in [0.15, 0.2) is 47.4 Å². The second-order valence-electron chi connectivity index (χ2n) is 5.47. The summed E-state index contributed by atoms with van der Waals surface area (Å²) < 4.78 is 48.6. The predicted molar refractivity (Wildman–Crippen MR) is 91.4 cm³/mol. The zero-order valence-electron chi connectivity index (χ0n) is 13.0. The Hall–Kier alpha value is -1.57. The molecule has 0 spiro atoms. The van der Waals surface area contributed by atoms with Gasteiger partial charge >= 0.3 is 5.51 Å². The molecule has 1 fully saturated rings. The van der Waals surface area contributed by atoms with Crippen LogP contribution >= 0.6 is 23.4 Å². The molecule has 0 radical (unpaired) electrons. The molecule has 0 atom stereocenters. The first-order valence-corrected chi connectivity index (χ1v) is 8.73. The number of hydrogen-bond donors (Lipinski definition) is 1. The maximum absolute atomic E-state index is 12.3. The Bertz CT molecular complexity index is 721. The van der Waals surface area contributed by atoms with Crippen molar-refractivity contribution in [3.05, 3.63) is 53.1 Å². The van der Waals surface area contributed by atoms with Crippen LogP contribution in [0.4, 0.5) is 13.2 Å². The molecule has 8 heteroatoms. The summed E-state index contributed by atoms with van der Waals surface area (Å²) in [5, 5.41) is 3.66. The van der Waals surface area contributed by atoms with Crippen molar-refractivity contribution in [2.75, 3.05) is 13.1 Å². The van der Waals surface area contributed by atoms with E-state index in [9.17, 15) is 13.2 Å². The average molecular weight is 390 g/mol. The predicted octanol–water partition coefficient (Wildman–Crippen LogP) is 4.88. The Morgan fingerprint density at radius 3 is 2.40 bits per heavy atom. The maximum atomic E-state index is 12.3. The smallest absolute Gasteiger partial charge is 0.446 e. The normalized spacial score (nSPS) is 14.9. The fraction of sp³-hybridized carbons (Fsp3) is 0.294. The Labute approximate surface area is 152 Å². The first kappa shape index (κ1) is 18.2. The van der Waals surface area contributed by atoms with E-state index in [0.717, 1.165) is 18.7 Å². The number of alkyl halides is 3. The van der Waals surface area contributed by atoms with Gasteiger partial charge in [0.25, 0.3) is 0 Å². The summed E-state index contributed by atoms with van der Waals surface area (Å²) in [6.45, 7) is 1.76. The van der Waals surface area contributed by atoms with E-state index in [2.05, 4.69) is 5.32 Å². The van der Waals surface area contributed by atoms with Gasteiger partial charge in [0.05, 0.1) is 0 Å². The van der Waals surface area contributed by atoms with Crippen molar-refractivity contribution in [3.63, 3.8) is 0 Å². The molecule has 1 aliphatic rings. The molecule has 0 unspecified atom stereocenters. The molecule has 3 rings (SSSR count). The Kier molecular flexibility index (Phi) is 5.66. The number of nitrogens with one attached hydrogen (secondary N) is 1. The lowest BCUT2D eigenvalue weighted by Crippen LogP contribution is -2.50. The number of thioether (sulfide) groups is 1. The highest BCUT2D eigenvalue weighted by Gasteiger charge is 2.29. The number of benzene rings is 2. The molecule has 0 aliphatic carbocycles. The molecule has 134 valence electrons. The van der Waals surface area contributed by atoms with Gasteiger partial charge in [0.15, 0.2) is 11.5 Å². The third kappa shape index (κ3) is 5.45. The third-order valence-electron chi connectivity index (χ3n) is 3.49. The van der Waals surface area contributed by atoms with Crippen molar-refractivity contribution in [1.82, 2.24) is 5.32 Å². The van der Waals surface area contributed by atoms with E-state index in [1.165, 1.54) is 12.1 Å². The Morgan fingerprint density at radius 2 is 1.80 bits per heavy atom. The number of halogens is 4. The molecular formula is C17H15ClF3NO2S. The molecule has 0 saturated carbocycles. The highest BCUT2D eigenvalue weighted by Crippen LogP contribution is 2.37. The van der Waals surface area contributed by atoms with Crippen molar-refractivity contribution in [1.29, 1.82) is 0 Å². The topological polar surface area (TPSA) is 30.5 Å². The Morgan fingerprint density at radius 1 is 1.08 bits per heavy atom. The first-order valence-electron chi connectivity index (χ1n) is 7.53. The molecule has 2 aromatic carbocycles. The van der Waals surface area contributed by atoms with Gasteiger partial charge in [-0.2, -0.15) is 13.2 Å². The lowest BCUT2D eigenvalue weighted by atomic mass is 10.2. The zero-order chi connectivity index (χ0) is 17.9. The van der Waals surface area contributed by atoms with Crippen LogP contribution in [0.2, 0.25) is 5.02 Å². The van der Waals surface area contributed by atoms with Crippen molar-refractivity contribution in [3.8, 4) is 11.5 Å². The highest BCUT2D eigenvalue weighted by molar-refractivity contribution is 8.00. The molecule has 0 aromatic heterocycles. The molecule has 0 amide bonds. The molecule has 1 saturated heterocycles. The van der Waals surface area contributed by atoms with E-state index in [-0.39, 0.29) is 29.4 Å². The van der Waals surface area contributed by atoms with Gasteiger partial charge in [-0.3, -0.25) is 0 Å². The molecule has 1 aliphatic heterocycles. The van der Waals surface area contributed by atoms with Crippen molar-refractivity contribution >= 4 is 23.4 Å². The van der Waals surface area contributed by atoms with Crippen LogP contribution in [0, 0.1) is 0 Å². The third-order valence-corrected chi connectivity index (χ3v) is 4.47. The van der Waals surface area contributed by atoms with E-state index in [1.54, 1.807) is 30.3 Å². The van der Waals surface area contributed by atoms with Crippen molar-refractivity contribution in [2.45, 2.75) is 23.1 Å². The fourth-order valence-electron chi connectivity index (χ4n) is 2.17. The number of hydrogen-bond acceptors (Lipinski definition) is 4. The van der Waals surface area contributed by atoms with Gasteiger partial charge in [0.2, 0.25) is 0 Å². The summed E-state index contributed by atoms with van der Waals surface area (Å²) in [6, 6.07) is 11.2. The summed E-state index contributed by atoms with van der Waals surface area (Å²) in [6.07, 6.45) is 0.0829. The van der Waals surface area contributed by atoms with Crippen LogP contribution in [0.5, 0.6) is 11.5 Å². The summed E-state index contributed by atoms with van der Waals surface area (Å²) in [4.78, 5) is 0.143. The number of rotatable bonds is 6. The molecule has 3 nitrogen and oxygen atoms in total. The summed E-state index contributed by atoms with van der Waals surface area (Å²) in [7, 11) is 0. The molecule has 25 heavy (non-hydrogen) atoms. The largest absolute Gasteiger partial charge is 0.485 e. The quantitative estimate of drug-likeness (QED) is 0.713. The van der Waals surface area contributed by atoms with Gasteiger partial charge in [-0.05, 0) is 41.6 Å². The molecule has 2 aromatic rings. The minimum absolute atomic E-state index is 0.0829. The second-order valence-corrected chi connectivity index (χ2v) is 7.04. The standard InChI is InChI=1S/C17H15ClF3NO2S/c18-12-3-6-15(16(7-12)24-13-8-22-9-13)23-10-11-1-4-14(5-2-11)25-17(19,20)21/h1-7,13,22H,8-10H2. The summed E-state index contributed by atoms with van der Waals surface area (Å²) >= 11 is 5.87. The monoisotopic (exact) mass is 389 g/mol. The lowest BCUT2D eigenvalue weighted by Gasteiger charge is -2.28. The van der Waals surface area contributed by atoms with Crippen LogP contribution < -0.4 is 14.8 Å². The molecular weight excluding hydrogens is 375 g/mol. The van der Waals surface area contributed by atoms with Crippen LogP contribution in [-0.4, -0.2) is 24.7 Å². The van der Waals surface area contributed by atoms with Crippen molar-refractivity contribution in [2.24, 2.45) is 0 Å². The first-order chi connectivity index (χ1) is 11.9. The van der Waals surface area contributed by atoms with Crippen LogP contribution in [0.1, 0.15) is 5.56 Å². The van der Waals surface area contributed by atoms with Gasteiger partial charge in [-0.1, -0.05) is 23.7 Å². The van der Waals surface area contributed by atoms with Gasteiger partial charge in [-0.15, -0.1) is 0 Å². The molecule has 1 heterocycles. The minimum Gasteiger partial charge on any atom is -0.485 e. The fourth-order valence-corrected chi connectivity index (χ4v) is 2.87. The van der Waals surface area contributed by atoms with Gasteiger partial charge in [0.1, 0.15) is 12.7 Å². The van der Waals surface area contributed by atoms with Crippen LogP contribution in [-0.2, 0) is 6.61 Å². The van der Waals surface area contributed by atoms with Gasteiger partial charge < -0.3 is 14.8 Å². The van der Waals surface area contributed by atoms with E-state index in [4.69, 9.17) is 21.1 Å².